The van der Waals surface area contributed by atoms with Crippen LogP contribution in [0, 0.1) is 10.1 Å². The van der Waals surface area contributed by atoms with Crippen LogP contribution < -0.4 is 5.32 Å². The molecule has 0 bridgehead atoms. The van der Waals surface area contributed by atoms with E-state index < -0.39 is 17.0 Å². The van der Waals surface area contributed by atoms with Crippen molar-refractivity contribution in [3.8, 4) is 0 Å². The normalized spacial score (nSPS) is 12.8. The average Bonchev–Trinajstić information content (AvgIpc) is 2.41. The van der Waals surface area contributed by atoms with Crippen molar-refractivity contribution in [2.24, 2.45) is 0 Å². The Kier molecular flexibility index (Phi) is 5.80. The summed E-state index contributed by atoms with van der Waals surface area (Å²) >= 11 is 0. The zero-order valence-corrected chi connectivity index (χ0v) is 12.3. The van der Waals surface area contributed by atoms with Gasteiger partial charge in [-0.2, -0.15) is 0 Å². The minimum atomic E-state index is -0.814. The first kappa shape index (κ1) is 17.1. The summed E-state index contributed by atoms with van der Waals surface area (Å²) < 4.78 is 4.96. The van der Waals surface area contributed by atoms with Gasteiger partial charge in [-0.05, 0) is 32.9 Å². The Hall–Kier alpha value is -1.99. The summed E-state index contributed by atoms with van der Waals surface area (Å²) in [6.45, 7) is 6.05. The maximum absolute atomic E-state index is 11.7. The van der Waals surface area contributed by atoms with E-state index in [1.54, 1.807) is 0 Å². The van der Waals surface area contributed by atoms with Gasteiger partial charge in [0, 0.05) is 24.2 Å². The standard InChI is InChI=1S/C14H20N2O5/c1-14(2,3)15-8-12(17)9-21-13(18)10-4-6-11(7-5-10)16(19)20/h4-7,12,15,17H,8-9H2,1-3H3/t12-/m0/s1. The Morgan fingerprint density at radius 2 is 1.95 bits per heavy atom. The molecule has 7 nitrogen and oxygen atoms in total. The summed E-state index contributed by atoms with van der Waals surface area (Å²) in [5.74, 6) is -0.625. The van der Waals surface area contributed by atoms with Crippen molar-refractivity contribution in [2.75, 3.05) is 13.2 Å². The second-order valence-corrected chi connectivity index (χ2v) is 5.69. The fraction of sp³-hybridized carbons (Fsp3) is 0.500. The number of aliphatic hydroxyl groups excluding tert-OH is 1. The van der Waals surface area contributed by atoms with Crippen molar-refractivity contribution >= 4 is 11.7 Å². The highest BCUT2D eigenvalue weighted by Gasteiger charge is 2.15. The quantitative estimate of drug-likeness (QED) is 0.468. The van der Waals surface area contributed by atoms with Gasteiger partial charge in [-0.15, -0.1) is 0 Å². The Balaban J connectivity index is 2.44. The molecule has 0 aliphatic carbocycles. The molecule has 2 N–H and O–H groups in total. The molecule has 0 saturated heterocycles. The number of β-amino-alcohol motifs (C(OH)–C–C–N with tert-alkyl or cyclic N) is 1. The number of carbonyl (C=O) groups excluding carboxylic acids is 1. The summed E-state index contributed by atoms with van der Waals surface area (Å²) in [5.41, 5.74) is -0.0267. The molecule has 0 aliphatic rings. The zero-order valence-electron chi connectivity index (χ0n) is 12.3. The molecular formula is C14H20N2O5. The minimum Gasteiger partial charge on any atom is -0.459 e. The summed E-state index contributed by atoms with van der Waals surface area (Å²) in [7, 11) is 0. The van der Waals surface area contributed by atoms with Crippen LogP contribution in [0.4, 0.5) is 5.69 Å². The molecule has 1 atom stereocenters. The van der Waals surface area contributed by atoms with Crippen LogP contribution in [-0.2, 0) is 4.74 Å². The molecule has 1 aromatic rings. The highest BCUT2D eigenvalue weighted by Crippen LogP contribution is 2.12. The lowest BCUT2D eigenvalue weighted by Gasteiger charge is -2.22. The predicted octanol–water partition coefficient (Wildman–Crippen LogP) is 1.50. The van der Waals surface area contributed by atoms with E-state index in [0.717, 1.165) is 0 Å². The van der Waals surface area contributed by atoms with Gasteiger partial charge in [0.15, 0.2) is 0 Å². The van der Waals surface area contributed by atoms with E-state index in [1.807, 2.05) is 20.8 Å². The number of ether oxygens (including phenoxy) is 1. The molecule has 0 unspecified atom stereocenters. The lowest BCUT2D eigenvalue weighted by atomic mass is 10.1. The molecule has 1 aromatic carbocycles. The van der Waals surface area contributed by atoms with Gasteiger partial charge in [0.25, 0.3) is 5.69 Å². The molecular weight excluding hydrogens is 276 g/mol. The fourth-order valence-electron chi connectivity index (χ4n) is 1.46. The van der Waals surface area contributed by atoms with Crippen LogP contribution in [0.1, 0.15) is 31.1 Å². The van der Waals surface area contributed by atoms with Crippen LogP contribution in [0.25, 0.3) is 0 Å². The molecule has 0 spiro atoms. The second-order valence-electron chi connectivity index (χ2n) is 5.69. The van der Waals surface area contributed by atoms with Gasteiger partial charge >= 0.3 is 5.97 Å². The molecule has 0 aliphatic heterocycles. The number of aliphatic hydroxyl groups is 1. The summed E-state index contributed by atoms with van der Waals surface area (Å²) in [4.78, 5) is 21.7. The van der Waals surface area contributed by atoms with E-state index in [-0.39, 0.29) is 23.4 Å². The monoisotopic (exact) mass is 296 g/mol. The first-order valence-electron chi connectivity index (χ1n) is 6.54. The highest BCUT2D eigenvalue weighted by atomic mass is 16.6. The number of nitro benzene ring substituents is 1. The molecule has 21 heavy (non-hydrogen) atoms. The van der Waals surface area contributed by atoms with Crippen LogP contribution in [0.15, 0.2) is 24.3 Å². The third-order valence-corrected chi connectivity index (χ3v) is 2.59. The van der Waals surface area contributed by atoms with Crippen molar-refractivity contribution in [2.45, 2.75) is 32.4 Å². The molecule has 0 amide bonds. The smallest absolute Gasteiger partial charge is 0.338 e. The number of hydrogen-bond donors (Lipinski definition) is 2. The zero-order chi connectivity index (χ0) is 16.0. The van der Waals surface area contributed by atoms with E-state index >= 15 is 0 Å². The van der Waals surface area contributed by atoms with Crippen molar-refractivity contribution in [3.63, 3.8) is 0 Å². The Morgan fingerprint density at radius 1 is 1.38 bits per heavy atom. The number of nitrogens with zero attached hydrogens (tertiary/aromatic N) is 1. The van der Waals surface area contributed by atoms with Crippen LogP contribution in [0.2, 0.25) is 0 Å². The molecule has 0 aromatic heterocycles. The van der Waals surface area contributed by atoms with E-state index in [0.29, 0.717) is 6.54 Å². The third-order valence-electron chi connectivity index (χ3n) is 2.59. The maximum atomic E-state index is 11.7. The van der Waals surface area contributed by atoms with E-state index in [9.17, 15) is 20.0 Å². The third kappa shape index (κ3) is 6.33. The lowest BCUT2D eigenvalue weighted by molar-refractivity contribution is -0.384. The van der Waals surface area contributed by atoms with Gasteiger partial charge in [0.05, 0.1) is 10.5 Å². The molecule has 0 saturated carbocycles. The number of rotatable bonds is 6. The van der Waals surface area contributed by atoms with Gasteiger partial charge in [-0.25, -0.2) is 4.79 Å². The molecule has 0 fully saturated rings. The van der Waals surface area contributed by atoms with Crippen LogP contribution in [0.3, 0.4) is 0 Å². The van der Waals surface area contributed by atoms with Gasteiger partial charge in [0.1, 0.15) is 12.7 Å². The molecule has 0 radical (unpaired) electrons. The molecule has 7 heteroatoms. The minimum absolute atomic E-state index is 0.0963. The molecule has 0 heterocycles. The van der Waals surface area contributed by atoms with Gasteiger partial charge < -0.3 is 15.2 Å². The van der Waals surface area contributed by atoms with Gasteiger partial charge in [0.2, 0.25) is 0 Å². The summed E-state index contributed by atoms with van der Waals surface area (Å²) in [6, 6.07) is 5.10. The number of non-ortho nitro benzene ring substituents is 1. The highest BCUT2D eigenvalue weighted by molar-refractivity contribution is 5.89. The van der Waals surface area contributed by atoms with Gasteiger partial charge in [-0.3, -0.25) is 10.1 Å². The Bertz CT molecular complexity index is 493. The maximum Gasteiger partial charge on any atom is 0.338 e. The number of nitrogens with one attached hydrogen (secondary N) is 1. The largest absolute Gasteiger partial charge is 0.459 e. The van der Waals surface area contributed by atoms with Crippen molar-refractivity contribution in [1.29, 1.82) is 0 Å². The van der Waals surface area contributed by atoms with E-state index in [2.05, 4.69) is 5.32 Å². The summed E-state index contributed by atoms with van der Waals surface area (Å²) in [6.07, 6.45) is -0.814. The number of nitro groups is 1. The van der Waals surface area contributed by atoms with Crippen LogP contribution in [0.5, 0.6) is 0 Å². The first-order chi connectivity index (χ1) is 9.69. The average molecular weight is 296 g/mol. The number of esters is 1. The van der Waals surface area contributed by atoms with Crippen LogP contribution >= 0.6 is 0 Å². The van der Waals surface area contributed by atoms with Crippen molar-refractivity contribution in [3.05, 3.63) is 39.9 Å². The van der Waals surface area contributed by atoms with Crippen molar-refractivity contribution in [1.82, 2.24) is 5.32 Å². The Labute approximate surface area is 123 Å². The SMILES string of the molecule is CC(C)(C)NC[C@H](O)COC(=O)c1ccc([N+](=O)[O-])cc1. The number of hydrogen-bond acceptors (Lipinski definition) is 6. The lowest BCUT2D eigenvalue weighted by Crippen LogP contribution is -2.42. The fourth-order valence-corrected chi connectivity index (χ4v) is 1.46. The van der Waals surface area contributed by atoms with E-state index in [1.165, 1.54) is 24.3 Å². The number of carbonyl (C=O) groups is 1. The van der Waals surface area contributed by atoms with Gasteiger partial charge in [-0.1, -0.05) is 0 Å². The second kappa shape index (κ2) is 7.14. The topological polar surface area (TPSA) is 102 Å². The van der Waals surface area contributed by atoms with Crippen LogP contribution in [-0.4, -0.2) is 40.8 Å². The number of benzene rings is 1. The predicted molar refractivity (Wildman–Crippen MR) is 77.1 cm³/mol. The Morgan fingerprint density at radius 3 is 2.43 bits per heavy atom. The first-order valence-corrected chi connectivity index (χ1v) is 6.54. The molecule has 1 rings (SSSR count). The van der Waals surface area contributed by atoms with Crippen molar-refractivity contribution < 1.29 is 19.6 Å². The summed E-state index contributed by atoms with van der Waals surface area (Å²) in [5, 5.41) is 23.3. The molecule has 116 valence electrons. The van der Waals surface area contributed by atoms with E-state index in [4.69, 9.17) is 4.74 Å².